The van der Waals surface area contributed by atoms with Gasteiger partial charge in [0.25, 0.3) is 0 Å². The molecule has 0 spiro atoms. The van der Waals surface area contributed by atoms with E-state index < -0.39 is 0 Å². The van der Waals surface area contributed by atoms with Gasteiger partial charge in [0, 0.05) is 31.8 Å². The number of hydrogen-bond donors (Lipinski definition) is 1. The molecular weight excluding hydrogens is 176 g/mol. The molecule has 3 heteroatoms. The van der Waals surface area contributed by atoms with Crippen molar-refractivity contribution in [1.29, 1.82) is 0 Å². The molecule has 1 heterocycles. The summed E-state index contributed by atoms with van der Waals surface area (Å²) in [6.45, 7) is 4.75. The third-order valence-electron chi connectivity index (χ3n) is 3.00. The fourth-order valence-electron chi connectivity index (χ4n) is 1.92. The Balaban J connectivity index is 1.90. The second-order valence-electron chi connectivity index (χ2n) is 4.30. The molecule has 0 bridgehead atoms. The van der Waals surface area contributed by atoms with Crippen molar-refractivity contribution >= 4 is 5.91 Å². The minimum absolute atomic E-state index is 0.216. The number of nitrogens with zero attached hydrogens (tertiary/aromatic N) is 1. The number of hydrogen-bond acceptors (Lipinski definition) is 2. The maximum Gasteiger partial charge on any atom is 0.246 e. The summed E-state index contributed by atoms with van der Waals surface area (Å²) in [5.74, 6) is 0.216. The molecule has 1 aliphatic carbocycles. The lowest BCUT2D eigenvalue weighted by Crippen LogP contribution is -2.51. The largest absolute Gasteiger partial charge is 0.336 e. The molecule has 2 aliphatic rings. The van der Waals surface area contributed by atoms with Crippen LogP contribution in [0.1, 0.15) is 26.2 Å². The minimum atomic E-state index is 0.216. The minimum Gasteiger partial charge on any atom is -0.336 e. The Bertz CT molecular complexity index is 254. The van der Waals surface area contributed by atoms with E-state index in [2.05, 4.69) is 12.2 Å². The molecule has 2 fully saturated rings. The highest BCUT2D eigenvalue weighted by Crippen LogP contribution is 2.25. The van der Waals surface area contributed by atoms with E-state index in [9.17, 15) is 4.79 Å². The van der Waals surface area contributed by atoms with Gasteiger partial charge in [0.1, 0.15) is 0 Å². The Morgan fingerprint density at radius 3 is 2.93 bits per heavy atom. The number of carbonyl (C=O) groups excluding carboxylic acids is 1. The zero-order valence-corrected chi connectivity index (χ0v) is 8.75. The number of nitrogens with one attached hydrogen (secondary N) is 1. The van der Waals surface area contributed by atoms with Gasteiger partial charge >= 0.3 is 0 Å². The molecule has 1 saturated heterocycles. The molecule has 3 nitrogen and oxygen atoms in total. The Morgan fingerprint density at radius 1 is 1.57 bits per heavy atom. The number of piperazine rings is 1. The summed E-state index contributed by atoms with van der Waals surface area (Å²) >= 11 is 0. The van der Waals surface area contributed by atoms with Gasteiger partial charge in [-0.2, -0.15) is 0 Å². The van der Waals surface area contributed by atoms with Crippen LogP contribution in [0.15, 0.2) is 11.6 Å². The predicted octanol–water partition coefficient (Wildman–Crippen LogP) is 0.917. The molecular formula is C11H18N2O. The SMILES string of the molecule is CC1CN(C(=O)C=C2CCC2)CCN1. The molecule has 0 radical (unpaired) electrons. The van der Waals surface area contributed by atoms with E-state index in [0.29, 0.717) is 6.04 Å². The van der Waals surface area contributed by atoms with Crippen molar-refractivity contribution in [3.8, 4) is 0 Å². The Labute approximate surface area is 85.2 Å². The van der Waals surface area contributed by atoms with Crippen molar-refractivity contribution in [3.05, 3.63) is 11.6 Å². The van der Waals surface area contributed by atoms with Crippen molar-refractivity contribution < 1.29 is 4.79 Å². The maximum absolute atomic E-state index is 11.8. The first-order valence-electron chi connectivity index (χ1n) is 5.47. The summed E-state index contributed by atoms with van der Waals surface area (Å²) in [5, 5.41) is 3.33. The first-order valence-corrected chi connectivity index (χ1v) is 5.47. The lowest BCUT2D eigenvalue weighted by atomic mass is 9.92. The lowest BCUT2D eigenvalue weighted by molar-refractivity contribution is -0.127. The van der Waals surface area contributed by atoms with Gasteiger partial charge in [-0.3, -0.25) is 4.79 Å². The summed E-state index contributed by atoms with van der Waals surface area (Å²) in [7, 11) is 0. The van der Waals surface area contributed by atoms with Crippen LogP contribution in [0.4, 0.5) is 0 Å². The standard InChI is InChI=1S/C11H18N2O/c1-9-8-13(6-5-12-9)11(14)7-10-3-2-4-10/h7,9,12H,2-6,8H2,1H3. The first-order chi connectivity index (χ1) is 6.75. The van der Waals surface area contributed by atoms with Crippen molar-refractivity contribution in [3.63, 3.8) is 0 Å². The number of allylic oxidation sites excluding steroid dienone is 1. The number of amides is 1. The molecule has 0 aromatic rings. The average molecular weight is 194 g/mol. The topological polar surface area (TPSA) is 32.3 Å². The molecule has 1 aliphatic heterocycles. The van der Waals surface area contributed by atoms with Crippen LogP contribution in [0.25, 0.3) is 0 Å². The maximum atomic E-state index is 11.8. The van der Waals surface area contributed by atoms with Gasteiger partial charge in [-0.05, 0) is 26.2 Å². The van der Waals surface area contributed by atoms with E-state index in [-0.39, 0.29) is 5.91 Å². The van der Waals surface area contributed by atoms with Gasteiger partial charge in [-0.15, -0.1) is 0 Å². The zero-order chi connectivity index (χ0) is 9.97. The van der Waals surface area contributed by atoms with E-state index in [0.717, 1.165) is 32.5 Å². The van der Waals surface area contributed by atoms with E-state index >= 15 is 0 Å². The third kappa shape index (κ3) is 2.15. The number of rotatable bonds is 1. The fourth-order valence-corrected chi connectivity index (χ4v) is 1.92. The van der Waals surface area contributed by atoms with E-state index in [1.807, 2.05) is 11.0 Å². The summed E-state index contributed by atoms with van der Waals surface area (Å²) in [6.07, 6.45) is 5.37. The van der Waals surface area contributed by atoms with Gasteiger partial charge in [0.05, 0.1) is 0 Å². The Hall–Kier alpha value is -0.830. The van der Waals surface area contributed by atoms with Crippen LogP contribution in [-0.4, -0.2) is 36.5 Å². The van der Waals surface area contributed by atoms with Crippen LogP contribution in [0.2, 0.25) is 0 Å². The van der Waals surface area contributed by atoms with Crippen LogP contribution in [0, 0.1) is 0 Å². The van der Waals surface area contributed by atoms with Crippen LogP contribution in [0.3, 0.4) is 0 Å². The monoisotopic (exact) mass is 194 g/mol. The molecule has 1 amide bonds. The van der Waals surface area contributed by atoms with E-state index in [1.165, 1.54) is 12.0 Å². The molecule has 1 atom stereocenters. The van der Waals surface area contributed by atoms with Crippen molar-refractivity contribution in [1.82, 2.24) is 10.2 Å². The highest BCUT2D eigenvalue weighted by Gasteiger charge is 2.20. The first kappa shape index (κ1) is 9.71. The highest BCUT2D eigenvalue weighted by molar-refractivity contribution is 5.88. The zero-order valence-electron chi connectivity index (χ0n) is 8.75. The Kier molecular flexibility index (Phi) is 2.87. The van der Waals surface area contributed by atoms with Crippen LogP contribution >= 0.6 is 0 Å². The second-order valence-corrected chi connectivity index (χ2v) is 4.30. The molecule has 1 saturated carbocycles. The molecule has 2 rings (SSSR count). The molecule has 78 valence electrons. The van der Waals surface area contributed by atoms with Gasteiger partial charge in [-0.1, -0.05) is 5.57 Å². The van der Waals surface area contributed by atoms with E-state index in [4.69, 9.17) is 0 Å². The summed E-state index contributed by atoms with van der Waals surface area (Å²) in [6, 6.07) is 0.437. The van der Waals surface area contributed by atoms with Crippen LogP contribution in [0.5, 0.6) is 0 Å². The molecule has 14 heavy (non-hydrogen) atoms. The summed E-state index contributed by atoms with van der Waals surface area (Å²) in [5.41, 5.74) is 1.33. The molecule has 1 N–H and O–H groups in total. The third-order valence-corrected chi connectivity index (χ3v) is 3.00. The van der Waals surface area contributed by atoms with E-state index in [1.54, 1.807) is 0 Å². The average Bonchev–Trinajstić information content (AvgIpc) is 2.11. The van der Waals surface area contributed by atoms with Crippen molar-refractivity contribution in [2.75, 3.05) is 19.6 Å². The summed E-state index contributed by atoms with van der Waals surface area (Å²) < 4.78 is 0. The molecule has 1 unspecified atom stereocenters. The smallest absolute Gasteiger partial charge is 0.246 e. The van der Waals surface area contributed by atoms with Crippen molar-refractivity contribution in [2.24, 2.45) is 0 Å². The van der Waals surface area contributed by atoms with Gasteiger partial charge in [0.15, 0.2) is 0 Å². The van der Waals surface area contributed by atoms with Gasteiger partial charge < -0.3 is 10.2 Å². The molecule has 0 aromatic carbocycles. The van der Waals surface area contributed by atoms with Gasteiger partial charge in [-0.25, -0.2) is 0 Å². The van der Waals surface area contributed by atoms with Gasteiger partial charge in [0.2, 0.25) is 5.91 Å². The van der Waals surface area contributed by atoms with Crippen LogP contribution < -0.4 is 5.32 Å². The second kappa shape index (κ2) is 4.13. The highest BCUT2D eigenvalue weighted by atomic mass is 16.2. The van der Waals surface area contributed by atoms with Crippen LogP contribution in [-0.2, 0) is 4.79 Å². The van der Waals surface area contributed by atoms with Crippen molar-refractivity contribution in [2.45, 2.75) is 32.2 Å². The quantitative estimate of drug-likeness (QED) is 0.629. The fraction of sp³-hybridized carbons (Fsp3) is 0.727. The lowest BCUT2D eigenvalue weighted by Gasteiger charge is -2.31. The normalized spacial score (nSPS) is 27.1. The summed E-state index contributed by atoms with van der Waals surface area (Å²) in [4.78, 5) is 13.7. The Morgan fingerprint density at radius 2 is 2.36 bits per heavy atom. The predicted molar refractivity (Wildman–Crippen MR) is 56.0 cm³/mol. The molecule has 0 aromatic heterocycles. The number of carbonyl (C=O) groups is 1.